The third-order valence-corrected chi connectivity index (χ3v) is 3.91. The highest BCUT2D eigenvalue weighted by atomic mass is 16.5. The zero-order chi connectivity index (χ0) is 21.5. The van der Waals surface area contributed by atoms with Crippen LogP contribution in [0.25, 0.3) is 0 Å². The third kappa shape index (κ3) is 5.25. The fraction of sp³-hybridized carbons (Fsp3) is 0.200. The molecule has 30 heavy (non-hydrogen) atoms. The summed E-state index contributed by atoms with van der Waals surface area (Å²) in [7, 11) is 1.24. The lowest BCUT2D eigenvalue weighted by Crippen LogP contribution is -2.09. The number of anilines is 3. The quantitative estimate of drug-likeness (QED) is 0.409. The fourth-order valence-corrected chi connectivity index (χ4v) is 2.55. The van der Waals surface area contributed by atoms with Crippen molar-refractivity contribution in [2.24, 2.45) is 0 Å². The van der Waals surface area contributed by atoms with Crippen molar-refractivity contribution in [1.29, 1.82) is 0 Å². The maximum Gasteiger partial charge on any atom is 0.341 e. The normalized spacial score (nSPS) is 10.3. The Bertz CT molecular complexity index is 1040. The molecule has 0 fully saturated rings. The van der Waals surface area contributed by atoms with Crippen LogP contribution >= 0.6 is 0 Å². The molecule has 0 amide bonds. The smallest absolute Gasteiger partial charge is 0.341 e. The molecule has 0 aliphatic rings. The van der Waals surface area contributed by atoms with Gasteiger partial charge in [-0.15, -0.1) is 0 Å². The fourth-order valence-electron chi connectivity index (χ4n) is 2.55. The number of ether oxygens (including phenoxy) is 2. The first-order valence-electron chi connectivity index (χ1n) is 9.07. The number of aromatic nitrogens is 3. The van der Waals surface area contributed by atoms with Crippen LogP contribution in [0.2, 0.25) is 0 Å². The maximum absolute atomic E-state index is 11.6. The monoisotopic (exact) mass is 411 g/mol. The molecule has 3 aromatic rings. The van der Waals surface area contributed by atoms with Gasteiger partial charge in [0.15, 0.2) is 0 Å². The van der Waals surface area contributed by atoms with Gasteiger partial charge in [0.05, 0.1) is 13.7 Å². The first kappa shape index (κ1) is 20.6. The van der Waals surface area contributed by atoms with Crippen LogP contribution in [-0.4, -0.2) is 44.9 Å². The molecule has 4 N–H and O–H groups in total. The molecule has 0 bridgehead atoms. The molecule has 0 saturated carbocycles. The van der Waals surface area contributed by atoms with E-state index < -0.39 is 5.97 Å². The summed E-state index contributed by atoms with van der Waals surface area (Å²) in [6.07, 6.45) is 0. The molecule has 0 atom stereocenters. The van der Waals surface area contributed by atoms with Crippen LogP contribution in [0.4, 0.5) is 17.6 Å². The molecule has 156 valence electrons. The molecule has 0 spiro atoms. The summed E-state index contributed by atoms with van der Waals surface area (Å²) < 4.78 is 10.0. The summed E-state index contributed by atoms with van der Waals surface area (Å²) in [5.41, 5.74) is 1.33. The van der Waals surface area contributed by atoms with Crippen molar-refractivity contribution in [1.82, 2.24) is 15.0 Å². The van der Waals surface area contributed by atoms with Gasteiger partial charge in [0, 0.05) is 18.3 Å². The van der Waals surface area contributed by atoms with Gasteiger partial charge in [0.1, 0.15) is 17.1 Å². The SMILES string of the molecule is CCOc1nc(NCc2cccc(O)c2)nc(Nc2ccc(C(=O)OC)c(O)c2)n1. The molecular formula is C20H21N5O5. The summed E-state index contributed by atoms with van der Waals surface area (Å²) in [4.78, 5) is 24.3. The molecule has 0 unspecified atom stereocenters. The first-order valence-corrected chi connectivity index (χ1v) is 9.07. The van der Waals surface area contributed by atoms with E-state index in [0.717, 1.165) is 5.56 Å². The molecule has 0 aliphatic heterocycles. The van der Waals surface area contributed by atoms with E-state index in [1.807, 2.05) is 6.07 Å². The zero-order valence-electron chi connectivity index (χ0n) is 16.4. The molecular weight excluding hydrogens is 390 g/mol. The second kappa shape index (κ2) is 9.41. The summed E-state index contributed by atoms with van der Waals surface area (Å²) in [5.74, 6) is -0.284. The van der Waals surface area contributed by atoms with Gasteiger partial charge in [-0.05, 0) is 36.8 Å². The third-order valence-electron chi connectivity index (χ3n) is 3.91. The minimum Gasteiger partial charge on any atom is -0.508 e. The van der Waals surface area contributed by atoms with E-state index in [0.29, 0.717) is 18.8 Å². The highest BCUT2D eigenvalue weighted by molar-refractivity contribution is 5.93. The van der Waals surface area contributed by atoms with E-state index in [9.17, 15) is 15.0 Å². The zero-order valence-corrected chi connectivity index (χ0v) is 16.4. The minimum atomic E-state index is -0.642. The average molecular weight is 411 g/mol. The average Bonchev–Trinajstić information content (AvgIpc) is 2.72. The van der Waals surface area contributed by atoms with Gasteiger partial charge >= 0.3 is 12.0 Å². The molecule has 3 rings (SSSR count). The van der Waals surface area contributed by atoms with E-state index in [4.69, 9.17) is 4.74 Å². The Morgan fingerprint density at radius 1 is 1.07 bits per heavy atom. The van der Waals surface area contributed by atoms with Crippen LogP contribution in [-0.2, 0) is 11.3 Å². The van der Waals surface area contributed by atoms with Gasteiger partial charge in [-0.2, -0.15) is 15.0 Å². The molecule has 1 heterocycles. The van der Waals surface area contributed by atoms with E-state index in [-0.39, 0.29) is 35.0 Å². The largest absolute Gasteiger partial charge is 0.508 e. The lowest BCUT2D eigenvalue weighted by molar-refractivity contribution is 0.0597. The van der Waals surface area contributed by atoms with Gasteiger partial charge in [-0.25, -0.2) is 4.79 Å². The number of esters is 1. The Hall–Kier alpha value is -4.08. The van der Waals surface area contributed by atoms with E-state index in [1.54, 1.807) is 31.2 Å². The standard InChI is InChI=1S/C20H21N5O5/c1-3-30-20-24-18(21-11-12-5-4-6-14(26)9-12)23-19(25-20)22-13-7-8-15(16(27)10-13)17(28)29-2/h4-10,26-27H,3,11H2,1-2H3,(H2,21,22,23,24,25). The summed E-state index contributed by atoms with van der Waals surface area (Å²) in [6.45, 7) is 2.54. The van der Waals surface area contributed by atoms with Gasteiger partial charge in [0.2, 0.25) is 11.9 Å². The number of nitrogens with zero attached hydrogens (tertiary/aromatic N) is 3. The Morgan fingerprint density at radius 3 is 2.57 bits per heavy atom. The van der Waals surface area contributed by atoms with Crippen molar-refractivity contribution in [3.8, 4) is 17.5 Å². The Kier molecular flexibility index (Phi) is 6.48. The summed E-state index contributed by atoms with van der Waals surface area (Å²) in [6, 6.07) is 11.3. The number of hydrogen-bond acceptors (Lipinski definition) is 10. The van der Waals surface area contributed by atoms with E-state index in [1.165, 1.54) is 19.2 Å². The lowest BCUT2D eigenvalue weighted by atomic mass is 10.2. The molecule has 0 radical (unpaired) electrons. The summed E-state index contributed by atoms with van der Waals surface area (Å²) in [5, 5.41) is 25.6. The maximum atomic E-state index is 11.6. The number of carbonyl (C=O) groups excluding carboxylic acids is 1. The highest BCUT2D eigenvalue weighted by Crippen LogP contribution is 2.25. The Balaban J connectivity index is 1.80. The van der Waals surface area contributed by atoms with Crippen LogP contribution in [0.3, 0.4) is 0 Å². The van der Waals surface area contributed by atoms with Crippen molar-refractivity contribution < 1.29 is 24.5 Å². The van der Waals surface area contributed by atoms with E-state index >= 15 is 0 Å². The van der Waals surface area contributed by atoms with Crippen molar-refractivity contribution in [2.45, 2.75) is 13.5 Å². The molecule has 0 aliphatic carbocycles. The predicted octanol–water partition coefficient (Wildman–Crippen LogP) is 2.82. The number of carbonyl (C=O) groups is 1. The number of aromatic hydroxyl groups is 2. The van der Waals surface area contributed by atoms with E-state index in [2.05, 4.69) is 30.3 Å². The van der Waals surface area contributed by atoms with Gasteiger partial charge in [-0.1, -0.05) is 12.1 Å². The second-order valence-corrected chi connectivity index (χ2v) is 6.07. The molecule has 10 heteroatoms. The highest BCUT2D eigenvalue weighted by Gasteiger charge is 2.13. The summed E-state index contributed by atoms with van der Waals surface area (Å²) >= 11 is 0. The number of nitrogens with one attached hydrogen (secondary N) is 2. The molecule has 0 saturated heterocycles. The van der Waals surface area contributed by atoms with Crippen LogP contribution < -0.4 is 15.4 Å². The Labute approximate surface area is 172 Å². The minimum absolute atomic E-state index is 0.0437. The number of phenols is 2. The molecule has 1 aromatic heterocycles. The van der Waals surface area contributed by atoms with Gasteiger partial charge < -0.3 is 30.3 Å². The van der Waals surface area contributed by atoms with Gasteiger partial charge in [0.25, 0.3) is 0 Å². The number of benzene rings is 2. The predicted molar refractivity (Wildman–Crippen MR) is 109 cm³/mol. The van der Waals surface area contributed by atoms with Gasteiger partial charge in [-0.3, -0.25) is 0 Å². The van der Waals surface area contributed by atoms with Crippen molar-refractivity contribution in [2.75, 3.05) is 24.4 Å². The second-order valence-electron chi connectivity index (χ2n) is 6.07. The number of hydrogen-bond donors (Lipinski definition) is 4. The van der Waals surface area contributed by atoms with Crippen LogP contribution in [0, 0.1) is 0 Å². The number of phenolic OH excluding ortho intramolecular Hbond substituents is 2. The Morgan fingerprint density at radius 2 is 1.87 bits per heavy atom. The first-order chi connectivity index (χ1) is 14.5. The van der Waals surface area contributed by atoms with Crippen molar-refractivity contribution in [3.63, 3.8) is 0 Å². The van der Waals surface area contributed by atoms with Crippen molar-refractivity contribution in [3.05, 3.63) is 53.6 Å². The number of rotatable bonds is 8. The van der Waals surface area contributed by atoms with Crippen molar-refractivity contribution >= 4 is 23.6 Å². The van der Waals surface area contributed by atoms with Crippen LogP contribution in [0.5, 0.6) is 17.5 Å². The lowest BCUT2D eigenvalue weighted by Gasteiger charge is -2.11. The van der Waals surface area contributed by atoms with Crippen LogP contribution in [0.1, 0.15) is 22.8 Å². The van der Waals surface area contributed by atoms with Crippen LogP contribution in [0.15, 0.2) is 42.5 Å². The number of methoxy groups -OCH3 is 1. The molecule has 2 aromatic carbocycles. The topological polar surface area (TPSA) is 139 Å². The molecule has 10 nitrogen and oxygen atoms in total.